The fourth-order valence-corrected chi connectivity index (χ4v) is 4.04. The van der Waals surface area contributed by atoms with Crippen LogP contribution < -0.4 is 10.6 Å². The maximum absolute atomic E-state index is 9.63. The molecule has 0 heterocycles. The molecule has 0 aromatic heterocycles. The molecule has 2 fully saturated rings. The summed E-state index contributed by atoms with van der Waals surface area (Å²) in [5, 5.41) is 16.5. The number of guanidine groups is 1. The van der Waals surface area contributed by atoms with Crippen molar-refractivity contribution in [3.05, 3.63) is 0 Å². The molecule has 0 saturated heterocycles. The molecule has 0 bridgehead atoms. The van der Waals surface area contributed by atoms with E-state index < -0.39 is 0 Å². The van der Waals surface area contributed by atoms with Gasteiger partial charge in [0.25, 0.3) is 0 Å². The minimum absolute atomic E-state index is 0. The average molecular weight is 467 g/mol. The number of hydrogen-bond donors (Lipinski definition) is 3. The number of aliphatic hydroxyl groups is 1. The van der Waals surface area contributed by atoms with Gasteiger partial charge in [0, 0.05) is 25.7 Å². The summed E-state index contributed by atoms with van der Waals surface area (Å²) in [5.41, 5.74) is 0. The van der Waals surface area contributed by atoms with E-state index in [1.807, 2.05) is 0 Å². The van der Waals surface area contributed by atoms with Crippen LogP contribution in [0, 0.1) is 5.92 Å². The zero-order chi connectivity index (χ0) is 17.2. The first-order valence-electron chi connectivity index (χ1n) is 10.1. The zero-order valence-electron chi connectivity index (χ0n) is 16.0. The summed E-state index contributed by atoms with van der Waals surface area (Å²) in [6.07, 6.45) is 10.5. The Kier molecular flexibility index (Phi) is 12.1. The third-order valence-electron chi connectivity index (χ3n) is 5.37. The third-order valence-corrected chi connectivity index (χ3v) is 5.37. The Morgan fingerprint density at radius 3 is 2.40 bits per heavy atom. The van der Waals surface area contributed by atoms with Gasteiger partial charge in [0.15, 0.2) is 5.96 Å². The molecular formula is C19H38IN3O2. The highest BCUT2D eigenvalue weighted by atomic mass is 127. The van der Waals surface area contributed by atoms with Crippen LogP contribution in [-0.2, 0) is 4.74 Å². The number of ether oxygens (including phenoxy) is 1. The smallest absolute Gasteiger partial charge is 0.191 e. The molecule has 3 N–H and O–H groups in total. The molecule has 0 radical (unpaired) electrons. The molecule has 2 aliphatic rings. The second kappa shape index (κ2) is 13.1. The van der Waals surface area contributed by atoms with Crippen molar-refractivity contribution in [3.63, 3.8) is 0 Å². The maximum atomic E-state index is 9.63. The number of nitrogens with zero attached hydrogens (tertiary/aromatic N) is 1. The van der Waals surface area contributed by atoms with Crippen LogP contribution in [-0.4, -0.2) is 49.0 Å². The van der Waals surface area contributed by atoms with Crippen molar-refractivity contribution >= 4 is 29.9 Å². The lowest BCUT2D eigenvalue weighted by molar-refractivity contribution is 0.0177. The molecule has 0 spiro atoms. The lowest BCUT2D eigenvalue weighted by Gasteiger charge is -2.28. The van der Waals surface area contributed by atoms with E-state index in [1.54, 1.807) is 0 Å². The minimum atomic E-state index is -0.110. The Bertz CT molecular complexity index is 368. The van der Waals surface area contributed by atoms with Crippen molar-refractivity contribution in [2.45, 2.75) is 89.9 Å². The second-order valence-electron chi connectivity index (χ2n) is 7.24. The van der Waals surface area contributed by atoms with E-state index in [9.17, 15) is 5.11 Å². The SMILES string of the molecule is CCNC(=NCCC(OCC)C1CCCC1)NC1CCC(O)CC1.I. The first-order chi connectivity index (χ1) is 11.7. The van der Waals surface area contributed by atoms with Gasteiger partial charge in [-0.25, -0.2) is 0 Å². The first kappa shape index (κ1) is 23.0. The molecule has 5 nitrogen and oxygen atoms in total. The van der Waals surface area contributed by atoms with Gasteiger partial charge in [-0.3, -0.25) is 4.99 Å². The predicted molar refractivity (Wildman–Crippen MR) is 115 cm³/mol. The molecule has 0 amide bonds. The number of nitrogens with one attached hydrogen (secondary N) is 2. The molecule has 1 atom stereocenters. The van der Waals surface area contributed by atoms with Gasteiger partial charge >= 0.3 is 0 Å². The van der Waals surface area contributed by atoms with Crippen molar-refractivity contribution < 1.29 is 9.84 Å². The molecule has 25 heavy (non-hydrogen) atoms. The van der Waals surface area contributed by atoms with E-state index in [1.165, 1.54) is 25.7 Å². The fourth-order valence-electron chi connectivity index (χ4n) is 4.04. The summed E-state index contributed by atoms with van der Waals surface area (Å²) in [5.74, 6) is 1.65. The third kappa shape index (κ3) is 8.43. The van der Waals surface area contributed by atoms with E-state index in [4.69, 9.17) is 9.73 Å². The lowest BCUT2D eigenvalue weighted by Crippen LogP contribution is -2.45. The Hall–Kier alpha value is -0.0800. The van der Waals surface area contributed by atoms with Crippen LogP contribution in [0.3, 0.4) is 0 Å². The van der Waals surface area contributed by atoms with Crippen LogP contribution in [0.25, 0.3) is 0 Å². The number of aliphatic hydroxyl groups excluding tert-OH is 1. The van der Waals surface area contributed by atoms with Gasteiger partial charge < -0.3 is 20.5 Å². The monoisotopic (exact) mass is 467 g/mol. The predicted octanol–water partition coefficient (Wildman–Crippen LogP) is 3.45. The molecular weight excluding hydrogens is 429 g/mol. The van der Waals surface area contributed by atoms with Gasteiger partial charge in [-0.05, 0) is 64.7 Å². The largest absolute Gasteiger partial charge is 0.393 e. The number of halogens is 1. The summed E-state index contributed by atoms with van der Waals surface area (Å²) >= 11 is 0. The fraction of sp³-hybridized carbons (Fsp3) is 0.947. The summed E-state index contributed by atoms with van der Waals surface area (Å²) in [7, 11) is 0. The van der Waals surface area contributed by atoms with Crippen LogP contribution in [0.4, 0.5) is 0 Å². The van der Waals surface area contributed by atoms with E-state index in [-0.39, 0.29) is 30.1 Å². The van der Waals surface area contributed by atoms with Crippen molar-refractivity contribution in [1.82, 2.24) is 10.6 Å². The Morgan fingerprint density at radius 1 is 1.12 bits per heavy atom. The van der Waals surface area contributed by atoms with Crippen LogP contribution in [0.2, 0.25) is 0 Å². The molecule has 1 unspecified atom stereocenters. The van der Waals surface area contributed by atoms with Gasteiger partial charge in [0.2, 0.25) is 0 Å². The van der Waals surface area contributed by atoms with E-state index in [0.717, 1.165) is 63.7 Å². The normalized spacial score (nSPS) is 26.1. The lowest BCUT2D eigenvalue weighted by atomic mass is 9.93. The van der Waals surface area contributed by atoms with Gasteiger partial charge in [0.1, 0.15) is 0 Å². The molecule has 148 valence electrons. The summed E-state index contributed by atoms with van der Waals surface area (Å²) in [6.45, 7) is 6.68. The van der Waals surface area contributed by atoms with Crippen LogP contribution >= 0.6 is 24.0 Å². The van der Waals surface area contributed by atoms with E-state index in [2.05, 4.69) is 24.5 Å². The minimum Gasteiger partial charge on any atom is -0.393 e. The van der Waals surface area contributed by atoms with Crippen molar-refractivity contribution in [2.24, 2.45) is 10.9 Å². The van der Waals surface area contributed by atoms with Gasteiger partial charge in [-0.1, -0.05) is 12.8 Å². The van der Waals surface area contributed by atoms with Gasteiger partial charge in [-0.15, -0.1) is 24.0 Å². The first-order valence-corrected chi connectivity index (χ1v) is 10.1. The Balaban J connectivity index is 0.00000312. The topological polar surface area (TPSA) is 65.9 Å². The van der Waals surface area contributed by atoms with Gasteiger partial charge in [0.05, 0.1) is 12.2 Å². The van der Waals surface area contributed by atoms with Gasteiger partial charge in [-0.2, -0.15) is 0 Å². The maximum Gasteiger partial charge on any atom is 0.191 e. The second-order valence-corrected chi connectivity index (χ2v) is 7.24. The van der Waals surface area contributed by atoms with Crippen molar-refractivity contribution in [1.29, 1.82) is 0 Å². The number of rotatable bonds is 8. The van der Waals surface area contributed by atoms with E-state index in [0.29, 0.717) is 12.1 Å². The zero-order valence-corrected chi connectivity index (χ0v) is 18.3. The summed E-state index contributed by atoms with van der Waals surface area (Å²) in [4.78, 5) is 4.77. The van der Waals surface area contributed by atoms with Crippen LogP contribution in [0.15, 0.2) is 4.99 Å². The van der Waals surface area contributed by atoms with Crippen molar-refractivity contribution in [2.75, 3.05) is 19.7 Å². The highest BCUT2D eigenvalue weighted by molar-refractivity contribution is 14.0. The molecule has 0 aromatic carbocycles. The molecule has 0 aliphatic heterocycles. The quantitative estimate of drug-likeness (QED) is 0.291. The van der Waals surface area contributed by atoms with Crippen LogP contribution in [0.1, 0.15) is 71.6 Å². The standard InChI is InChI=1S/C19H37N3O2.HI/c1-3-20-19(22-16-9-11-17(23)12-10-16)21-14-13-18(24-4-2)15-7-5-6-8-15;/h15-18,23H,3-14H2,1-2H3,(H2,20,21,22);1H. The molecule has 6 heteroatoms. The highest BCUT2D eigenvalue weighted by Gasteiger charge is 2.25. The van der Waals surface area contributed by atoms with Crippen LogP contribution in [0.5, 0.6) is 0 Å². The molecule has 2 aliphatic carbocycles. The summed E-state index contributed by atoms with van der Waals surface area (Å²) < 4.78 is 5.99. The van der Waals surface area contributed by atoms with Crippen molar-refractivity contribution in [3.8, 4) is 0 Å². The Morgan fingerprint density at radius 2 is 1.80 bits per heavy atom. The number of hydrogen-bond acceptors (Lipinski definition) is 3. The highest BCUT2D eigenvalue weighted by Crippen LogP contribution is 2.30. The Labute approximate surface area is 170 Å². The van der Waals surface area contributed by atoms with E-state index >= 15 is 0 Å². The molecule has 2 rings (SSSR count). The number of aliphatic imine (C=N–C) groups is 1. The average Bonchev–Trinajstić information content (AvgIpc) is 3.10. The molecule has 0 aromatic rings. The molecule has 2 saturated carbocycles. The summed E-state index contributed by atoms with van der Waals surface area (Å²) in [6, 6.07) is 0.434.